The molecule has 0 aliphatic heterocycles. The van der Waals surface area contributed by atoms with Crippen LogP contribution in [0.1, 0.15) is 22.7 Å². The Morgan fingerprint density at radius 2 is 1.74 bits per heavy atom. The van der Waals surface area contributed by atoms with E-state index in [0.717, 1.165) is 0 Å². The molecule has 0 saturated carbocycles. The second-order valence-electron chi connectivity index (χ2n) is 4.24. The first-order valence-electron chi connectivity index (χ1n) is 5.57. The highest BCUT2D eigenvalue weighted by molar-refractivity contribution is 6.42. The molecule has 0 aromatic heterocycles. The van der Waals surface area contributed by atoms with Crippen LogP contribution in [-0.4, -0.2) is 0 Å². The van der Waals surface area contributed by atoms with Crippen molar-refractivity contribution in [2.75, 3.05) is 0 Å². The zero-order valence-electron chi connectivity index (χ0n) is 10.1. The summed E-state index contributed by atoms with van der Waals surface area (Å²) in [7, 11) is 0. The van der Waals surface area contributed by atoms with Gasteiger partial charge in [0.1, 0.15) is 5.82 Å². The van der Waals surface area contributed by atoms with E-state index >= 15 is 0 Å². The molecule has 2 aromatic carbocycles. The Morgan fingerprint density at radius 1 is 1.05 bits per heavy atom. The highest BCUT2D eigenvalue weighted by Gasteiger charge is 2.18. The summed E-state index contributed by atoms with van der Waals surface area (Å²) >= 11 is 18.1. The summed E-state index contributed by atoms with van der Waals surface area (Å²) in [6.45, 7) is 1.65. The van der Waals surface area contributed by atoms with Crippen molar-refractivity contribution in [2.45, 2.75) is 13.0 Å². The molecule has 0 heterocycles. The Morgan fingerprint density at radius 3 is 2.42 bits per heavy atom. The van der Waals surface area contributed by atoms with Gasteiger partial charge >= 0.3 is 0 Å². The lowest BCUT2D eigenvalue weighted by molar-refractivity contribution is 0.617. The first-order chi connectivity index (χ1) is 8.91. The van der Waals surface area contributed by atoms with Crippen molar-refractivity contribution in [3.8, 4) is 0 Å². The van der Waals surface area contributed by atoms with E-state index in [4.69, 9.17) is 40.5 Å². The fourth-order valence-corrected chi connectivity index (χ4v) is 2.54. The monoisotopic (exact) mass is 317 g/mol. The quantitative estimate of drug-likeness (QED) is 0.815. The number of benzene rings is 2. The van der Waals surface area contributed by atoms with E-state index in [1.54, 1.807) is 31.2 Å². The van der Waals surface area contributed by atoms with Gasteiger partial charge in [-0.05, 0) is 41.8 Å². The average Bonchev–Trinajstić information content (AvgIpc) is 2.36. The molecule has 1 unspecified atom stereocenters. The molecule has 100 valence electrons. The first-order valence-corrected chi connectivity index (χ1v) is 6.70. The minimum Gasteiger partial charge on any atom is -0.320 e. The summed E-state index contributed by atoms with van der Waals surface area (Å²) in [6.07, 6.45) is 0. The molecule has 0 bridgehead atoms. The zero-order valence-corrected chi connectivity index (χ0v) is 12.3. The molecule has 0 radical (unpaired) electrons. The number of hydrogen-bond acceptors (Lipinski definition) is 1. The molecule has 1 atom stereocenters. The molecule has 0 aliphatic rings. The molecule has 2 N–H and O–H groups in total. The second kappa shape index (κ2) is 5.68. The molecule has 19 heavy (non-hydrogen) atoms. The van der Waals surface area contributed by atoms with Crippen molar-refractivity contribution in [3.05, 3.63) is 67.9 Å². The molecule has 2 rings (SSSR count). The van der Waals surface area contributed by atoms with Crippen molar-refractivity contribution in [1.29, 1.82) is 0 Å². The van der Waals surface area contributed by atoms with Crippen molar-refractivity contribution < 1.29 is 4.39 Å². The van der Waals surface area contributed by atoms with Crippen LogP contribution in [0.5, 0.6) is 0 Å². The van der Waals surface area contributed by atoms with Crippen LogP contribution >= 0.6 is 34.8 Å². The van der Waals surface area contributed by atoms with Gasteiger partial charge in [0, 0.05) is 5.02 Å². The fraction of sp³-hybridized carbons (Fsp3) is 0.143. The summed E-state index contributed by atoms with van der Waals surface area (Å²) in [5, 5.41) is 1.07. The normalized spacial score (nSPS) is 12.5. The minimum atomic E-state index is -0.557. The number of hydrogen-bond donors (Lipinski definition) is 1. The summed E-state index contributed by atoms with van der Waals surface area (Å²) in [5.41, 5.74) is 7.91. The van der Waals surface area contributed by atoms with Gasteiger partial charge in [-0.25, -0.2) is 4.39 Å². The third-order valence-corrected chi connectivity index (χ3v) is 4.09. The lowest BCUT2D eigenvalue weighted by Gasteiger charge is -2.17. The van der Waals surface area contributed by atoms with Crippen LogP contribution in [0.4, 0.5) is 4.39 Å². The van der Waals surface area contributed by atoms with Gasteiger partial charge in [-0.1, -0.05) is 46.9 Å². The minimum absolute atomic E-state index is 0.270. The number of aryl methyl sites for hydroxylation is 1. The third-order valence-electron chi connectivity index (χ3n) is 2.93. The zero-order chi connectivity index (χ0) is 14.2. The molecule has 0 saturated heterocycles. The highest BCUT2D eigenvalue weighted by atomic mass is 35.5. The SMILES string of the molecule is Cc1cc(C(N)c2cccc(Cl)c2Cl)c(Cl)cc1F. The number of rotatable bonds is 2. The number of halogens is 4. The van der Waals surface area contributed by atoms with E-state index in [2.05, 4.69) is 0 Å². The van der Waals surface area contributed by atoms with Gasteiger partial charge in [0.25, 0.3) is 0 Å². The standard InChI is InChI=1S/C14H11Cl3FN/c1-7-5-9(11(16)6-12(7)18)14(19)8-3-2-4-10(15)13(8)17/h2-6,14H,19H2,1H3. The lowest BCUT2D eigenvalue weighted by atomic mass is 9.98. The molecule has 5 heteroatoms. The third kappa shape index (κ3) is 2.87. The second-order valence-corrected chi connectivity index (χ2v) is 5.44. The Bertz CT molecular complexity index is 628. The van der Waals surface area contributed by atoms with E-state index in [-0.39, 0.29) is 10.8 Å². The van der Waals surface area contributed by atoms with Crippen molar-refractivity contribution in [3.63, 3.8) is 0 Å². The molecular weight excluding hydrogens is 308 g/mol. The van der Waals surface area contributed by atoms with E-state index in [0.29, 0.717) is 26.7 Å². The highest BCUT2D eigenvalue weighted by Crippen LogP contribution is 2.35. The molecule has 0 fully saturated rings. The summed E-state index contributed by atoms with van der Waals surface area (Å²) in [5.74, 6) is -0.363. The summed E-state index contributed by atoms with van der Waals surface area (Å²) < 4.78 is 13.4. The molecule has 0 spiro atoms. The number of nitrogens with two attached hydrogens (primary N) is 1. The predicted molar refractivity (Wildman–Crippen MR) is 78.6 cm³/mol. The molecule has 2 aromatic rings. The van der Waals surface area contributed by atoms with Gasteiger partial charge in [-0.3, -0.25) is 0 Å². The maximum atomic E-state index is 13.4. The van der Waals surface area contributed by atoms with Crippen molar-refractivity contribution in [1.82, 2.24) is 0 Å². The fourth-order valence-electron chi connectivity index (χ4n) is 1.85. The van der Waals surface area contributed by atoms with Crippen LogP contribution in [0, 0.1) is 12.7 Å². The lowest BCUT2D eigenvalue weighted by Crippen LogP contribution is -2.13. The van der Waals surface area contributed by atoms with Crippen molar-refractivity contribution in [2.24, 2.45) is 5.73 Å². The van der Waals surface area contributed by atoms with Crippen molar-refractivity contribution >= 4 is 34.8 Å². The van der Waals surface area contributed by atoms with E-state index in [1.165, 1.54) is 6.07 Å². The summed E-state index contributed by atoms with van der Waals surface area (Å²) in [6, 6.07) is 7.53. The maximum Gasteiger partial charge on any atom is 0.127 e. The largest absolute Gasteiger partial charge is 0.320 e. The van der Waals surface area contributed by atoms with E-state index in [1.807, 2.05) is 0 Å². The Kier molecular flexibility index (Phi) is 4.36. The Hall–Kier alpha value is -0.800. The molecule has 1 nitrogen and oxygen atoms in total. The van der Waals surface area contributed by atoms with Crippen LogP contribution in [-0.2, 0) is 0 Å². The summed E-state index contributed by atoms with van der Waals surface area (Å²) in [4.78, 5) is 0. The van der Waals surface area contributed by atoms with Gasteiger partial charge < -0.3 is 5.73 Å². The van der Waals surface area contributed by atoms with Crippen LogP contribution in [0.25, 0.3) is 0 Å². The van der Waals surface area contributed by atoms with Gasteiger partial charge in [0.2, 0.25) is 0 Å². The molecular formula is C14H11Cl3FN. The predicted octanol–water partition coefficient (Wildman–Crippen LogP) is 5.14. The van der Waals surface area contributed by atoms with Crippen LogP contribution in [0.3, 0.4) is 0 Å². The van der Waals surface area contributed by atoms with Crippen LogP contribution in [0.2, 0.25) is 15.1 Å². The molecule has 0 amide bonds. The smallest absolute Gasteiger partial charge is 0.127 e. The van der Waals surface area contributed by atoms with Gasteiger partial charge in [-0.2, -0.15) is 0 Å². The van der Waals surface area contributed by atoms with Gasteiger partial charge in [0.05, 0.1) is 16.1 Å². The van der Waals surface area contributed by atoms with E-state index < -0.39 is 6.04 Å². The average molecular weight is 319 g/mol. The van der Waals surface area contributed by atoms with Gasteiger partial charge in [0.15, 0.2) is 0 Å². The van der Waals surface area contributed by atoms with Crippen LogP contribution < -0.4 is 5.73 Å². The Balaban J connectivity index is 2.53. The topological polar surface area (TPSA) is 26.0 Å². The van der Waals surface area contributed by atoms with Gasteiger partial charge in [-0.15, -0.1) is 0 Å². The first kappa shape index (κ1) is 14.6. The maximum absolute atomic E-state index is 13.4. The van der Waals surface area contributed by atoms with E-state index in [9.17, 15) is 4.39 Å². The molecule has 0 aliphatic carbocycles. The Labute approximate surface area is 126 Å². The van der Waals surface area contributed by atoms with Crippen LogP contribution in [0.15, 0.2) is 30.3 Å².